The highest BCUT2D eigenvalue weighted by Gasteiger charge is 2.20. The summed E-state index contributed by atoms with van der Waals surface area (Å²) in [7, 11) is 0. The first-order valence-corrected chi connectivity index (χ1v) is 3.62. The summed E-state index contributed by atoms with van der Waals surface area (Å²) in [5.41, 5.74) is 5.33. The molecule has 1 saturated heterocycles. The quantitative estimate of drug-likeness (QED) is 0.394. The van der Waals surface area contributed by atoms with Gasteiger partial charge < -0.3 is 21.5 Å². The van der Waals surface area contributed by atoms with Gasteiger partial charge in [-0.2, -0.15) is 0 Å². The summed E-state index contributed by atoms with van der Waals surface area (Å²) in [6.45, 7) is 1.55. The molecule has 2 atom stereocenters. The highest BCUT2D eigenvalue weighted by Crippen LogP contribution is 1.98. The van der Waals surface area contributed by atoms with Crippen molar-refractivity contribution in [2.45, 2.75) is 18.5 Å². The maximum atomic E-state index is 10.3. The molecule has 5 nitrogen and oxygen atoms in total. The van der Waals surface area contributed by atoms with Crippen molar-refractivity contribution in [2.75, 3.05) is 13.2 Å². The van der Waals surface area contributed by atoms with Crippen LogP contribution in [0.2, 0.25) is 0 Å². The number of carboxylic acid groups (broad SMARTS) is 1. The zero-order chi connectivity index (χ0) is 8.27. The number of nitrogens with two attached hydrogens (primary N) is 1. The van der Waals surface area contributed by atoms with Gasteiger partial charge >= 0.3 is 5.97 Å². The van der Waals surface area contributed by atoms with Crippen LogP contribution in [0.5, 0.6) is 0 Å². The van der Waals surface area contributed by atoms with Crippen LogP contribution in [-0.4, -0.2) is 36.4 Å². The minimum atomic E-state index is -0.932. The van der Waals surface area contributed by atoms with Gasteiger partial charge in [-0.05, 0) is 6.42 Å². The summed E-state index contributed by atoms with van der Waals surface area (Å²) in [6, 6.07) is -0.534. The van der Waals surface area contributed by atoms with Crippen molar-refractivity contribution in [3.8, 4) is 0 Å². The largest absolute Gasteiger partial charge is 0.480 e. The lowest BCUT2D eigenvalue weighted by Gasteiger charge is -2.11. The van der Waals surface area contributed by atoms with E-state index in [1.807, 2.05) is 0 Å². The molecule has 5 N–H and O–H groups in total. The van der Waals surface area contributed by atoms with Gasteiger partial charge in [0.05, 0.1) is 0 Å². The van der Waals surface area contributed by atoms with E-state index in [1.54, 1.807) is 0 Å². The zero-order valence-corrected chi connectivity index (χ0v) is 6.21. The first-order chi connectivity index (χ1) is 5.20. The number of carboxylic acids is 1. The summed E-state index contributed by atoms with van der Waals surface area (Å²) in [4.78, 5) is 10.3. The molecule has 2 unspecified atom stereocenters. The first kappa shape index (κ1) is 8.45. The fourth-order valence-corrected chi connectivity index (χ4v) is 1.11. The molecule has 0 aromatic rings. The van der Waals surface area contributed by atoms with Crippen molar-refractivity contribution in [3.63, 3.8) is 0 Å². The number of aliphatic carboxylic acids is 1. The van der Waals surface area contributed by atoms with Crippen molar-refractivity contribution < 1.29 is 9.90 Å². The minimum absolute atomic E-state index is 0.209. The number of carbonyl (C=O) groups is 1. The van der Waals surface area contributed by atoms with Gasteiger partial charge in [0.25, 0.3) is 0 Å². The Bertz CT molecular complexity index is 145. The molecule has 0 aromatic carbocycles. The monoisotopic (exact) mass is 159 g/mol. The smallest absolute Gasteiger partial charge is 0.320 e. The predicted molar refractivity (Wildman–Crippen MR) is 40.0 cm³/mol. The molecule has 1 aliphatic rings. The van der Waals surface area contributed by atoms with Crippen LogP contribution in [0.15, 0.2) is 0 Å². The molecule has 0 aromatic heterocycles. The van der Waals surface area contributed by atoms with Crippen LogP contribution < -0.4 is 16.4 Å². The molecule has 0 amide bonds. The Morgan fingerprint density at radius 3 is 3.00 bits per heavy atom. The first-order valence-electron chi connectivity index (χ1n) is 3.62. The second-order valence-corrected chi connectivity index (χ2v) is 2.71. The molecule has 0 bridgehead atoms. The van der Waals surface area contributed by atoms with Gasteiger partial charge in [0.2, 0.25) is 0 Å². The highest BCUT2D eigenvalue weighted by atomic mass is 16.4. The molecule has 1 rings (SSSR count). The van der Waals surface area contributed by atoms with E-state index in [4.69, 9.17) is 10.8 Å². The molecular formula is C6H13N3O2. The van der Waals surface area contributed by atoms with E-state index in [2.05, 4.69) is 10.6 Å². The van der Waals surface area contributed by atoms with Crippen LogP contribution in [0.3, 0.4) is 0 Å². The van der Waals surface area contributed by atoms with Gasteiger partial charge in [-0.1, -0.05) is 0 Å². The lowest BCUT2D eigenvalue weighted by Crippen LogP contribution is -2.38. The van der Waals surface area contributed by atoms with Crippen LogP contribution in [0.25, 0.3) is 0 Å². The van der Waals surface area contributed by atoms with E-state index >= 15 is 0 Å². The number of rotatable bonds is 3. The van der Waals surface area contributed by atoms with Crippen LogP contribution in [0.4, 0.5) is 0 Å². The maximum Gasteiger partial charge on any atom is 0.320 e. The summed E-state index contributed by atoms with van der Waals surface area (Å²) in [5.74, 6) is -0.932. The van der Waals surface area contributed by atoms with E-state index in [-0.39, 0.29) is 6.04 Å². The van der Waals surface area contributed by atoms with Crippen LogP contribution >= 0.6 is 0 Å². The van der Waals surface area contributed by atoms with Gasteiger partial charge in [-0.15, -0.1) is 0 Å². The number of hydrogen-bond donors (Lipinski definition) is 4. The molecular weight excluding hydrogens is 146 g/mol. The Morgan fingerprint density at radius 2 is 2.55 bits per heavy atom. The zero-order valence-electron chi connectivity index (χ0n) is 6.21. The van der Waals surface area contributed by atoms with Crippen molar-refractivity contribution in [2.24, 2.45) is 5.73 Å². The third kappa shape index (κ3) is 2.45. The van der Waals surface area contributed by atoms with E-state index in [9.17, 15) is 4.79 Å². The molecule has 64 valence electrons. The van der Waals surface area contributed by atoms with Crippen LogP contribution in [0.1, 0.15) is 6.42 Å². The Labute approximate surface area is 65.0 Å². The van der Waals surface area contributed by atoms with E-state index in [0.717, 1.165) is 13.2 Å². The fraction of sp³-hybridized carbons (Fsp3) is 0.833. The standard InChI is InChI=1S/C6H13N3O2/c7-5(6(10)11)1-4-2-8-3-9-4/h4-5,8-9H,1-3,7H2,(H,10,11). The third-order valence-corrected chi connectivity index (χ3v) is 1.76. The van der Waals surface area contributed by atoms with Crippen molar-refractivity contribution >= 4 is 5.97 Å². The van der Waals surface area contributed by atoms with Gasteiger partial charge in [0.1, 0.15) is 6.04 Å². The molecule has 0 radical (unpaired) electrons. The van der Waals surface area contributed by atoms with E-state index in [1.165, 1.54) is 0 Å². The molecule has 0 saturated carbocycles. The van der Waals surface area contributed by atoms with Crippen molar-refractivity contribution in [1.29, 1.82) is 0 Å². The van der Waals surface area contributed by atoms with E-state index in [0.29, 0.717) is 6.42 Å². The maximum absolute atomic E-state index is 10.3. The van der Waals surface area contributed by atoms with Gasteiger partial charge in [0.15, 0.2) is 0 Å². The summed E-state index contributed by atoms with van der Waals surface area (Å²) < 4.78 is 0. The second kappa shape index (κ2) is 3.66. The van der Waals surface area contributed by atoms with E-state index < -0.39 is 12.0 Å². The SMILES string of the molecule is NC(CC1CNCN1)C(=O)O. The Balaban J connectivity index is 2.23. The molecule has 11 heavy (non-hydrogen) atoms. The number of nitrogens with one attached hydrogen (secondary N) is 2. The topological polar surface area (TPSA) is 87.4 Å². The lowest BCUT2D eigenvalue weighted by molar-refractivity contribution is -0.138. The molecule has 0 spiro atoms. The molecule has 1 fully saturated rings. The molecule has 0 aliphatic carbocycles. The summed E-state index contributed by atoms with van der Waals surface area (Å²) >= 11 is 0. The van der Waals surface area contributed by atoms with Crippen LogP contribution in [0, 0.1) is 0 Å². The Hall–Kier alpha value is -0.650. The lowest BCUT2D eigenvalue weighted by atomic mass is 10.1. The van der Waals surface area contributed by atoms with Crippen molar-refractivity contribution in [3.05, 3.63) is 0 Å². The molecule has 1 heterocycles. The normalized spacial score (nSPS) is 26.8. The highest BCUT2D eigenvalue weighted by molar-refractivity contribution is 5.73. The summed E-state index contributed by atoms with van der Waals surface area (Å²) in [6.07, 6.45) is 0.488. The Kier molecular flexibility index (Phi) is 2.81. The Morgan fingerprint density at radius 1 is 1.82 bits per heavy atom. The average Bonchev–Trinajstić information content (AvgIpc) is 2.39. The predicted octanol–water partition coefficient (Wildman–Crippen LogP) is -1.69. The minimum Gasteiger partial charge on any atom is -0.480 e. The molecule has 1 aliphatic heterocycles. The van der Waals surface area contributed by atoms with Gasteiger partial charge in [0, 0.05) is 19.3 Å². The summed E-state index contributed by atoms with van der Waals surface area (Å²) in [5, 5.41) is 14.6. The second-order valence-electron chi connectivity index (χ2n) is 2.71. The average molecular weight is 159 g/mol. The van der Waals surface area contributed by atoms with Gasteiger partial charge in [-0.3, -0.25) is 4.79 Å². The van der Waals surface area contributed by atoms with Gasteiger partial charge in [-0.25, -0.2) is 0 Å². The fourth-order valence-electron chi connectivity index (χ4n) is 1.11. The molecule has 5 heteroatoms. The van der Waals surface area contributed by atoms with Crippen molar-refractivity contribution in [1.82, 2.24) is 10.6 Å². The number of hydrogen-bond acceptors (Lipinski definition) is 4. The third-order valence-electron chi connectivity index (χ3n) is 1.76. The van der Waals surface area contributed by atoms with Crippen LogP contribution in [-0.2, 0) is 4.79 Å².